The quantitative estimate of drug-likeness (QED) is 0.202. The van der Waals surface area contributed by atoms with Crippen molar-refractivity contribution in [3.05, 3.63) is 36.0 Å². The van der Waals surface area contributed by atoms with Gasteiger partial charge in [0.2, 0.25) is 6.41 Å². The van der Waals surface area contributed by atoms with Crippen molar-refractivity contribution < 1.29 is 39.3 Å². The minimum Gasteiger partial charge on any atom is -0.480 e. The van der Waals surface area contributed by atoms with Crippen LogP contribution >= 0.6 is 0 Å². The van der Waals surface area contributed by atoms with Gasteiger partial charge < -0.3 is 30.3 Å². The largest absolute Gasteiger partial charge is 0.480 e. The second-order valence-electron chi connectivity index (χ2n) is 10.6. The molecule has 0 bridgehead atoms. The third-order valence-electron chi connectivity index (χ3n) is 7.20. The Morgan fingerprint density at radius 1 is 0.844 bits per heavy atom. The Morgan fingerprint density at radius 2 is 1.36 bits per heavy atom. The van der Waals surface area contributed by atoms with Crippen molar-refractivity contribution in [1.82, 2.24) is 24.6 Å². The number of fused-ring (bicyclic) bond motifs is 1. The van der Waals surface area contributed by atoms with Crippen LogP contribution in [0.3, 0.4) is 0 Å². The molecule has 1 fully saturated rings. The standard InChI is InChI=1S/C16H30N4O5.C14H14N2O2.CH4O/c1-2-17-3-5-18(11-12-21)6-8-20(14-16(24)25)10-9-19(7-4-17)13-15(22)23;1-9(2)14(18)11-6-7-15-13-10(11)4-3-5-12(13)16-8-17;1-2/h12H,2-11,13-14H2,1H3,(H,22,23)(H,24,25);3-9H,1-2H3,(H,16,17);2H,1H3. The smallest absolute Gasteiger partial charge is 0.317 e. The predicted molar refractivity (Wildman–Crippen MR) is 172 cm³/mol. The van der Waals surface area contributed by atoms with E-state index in [1.807, 2.05) is 29.7 Å². The van der Waals surface area contributed by atoms with E-state index in [9.17, 15) is 24.0 Å². The van der Waals surface area contributed by atoms with E-state index in [-0.39, 0.29) is 24.8 Å². The van der Waals surface area contributed by atoms with Crippen molar-refractivity contribution in [3.63, 3.8) is 0 Å². The van der Waals surface area contributed by atoms with Crippen molar-refractivity contribution in [2.45, 2.75) is 20.8 Å². The van der Waals surface area contributed by atoms with Crippen molar-refractivity contribution in [2.24, 2.45) is 5.92 Å². The third kappa shape index (κ3) is 14.2. The van der Waals surface area contributed by atoms with E-state index in [0.717, 1.165) is 45.0 Å². The molecule has 250 valence electrons. The van der Waals surface area contributed by atoms with Crippen molar-refractivity contribution in [1.29, 1.82) is 0 Å². The molecule has 1 aromatic heterocycles. The molecule has 3 rings (SSSR count). The molecule has 0 radical (unpaired) electrons. The molecule has 1 aliphatic rings. The summed E-state index contributed by atoms with van der Waals surface area (Å²) in [7, 11) is 1.00. The average Bonchev–Trinajstić information content (AvgIpc) is 3.01. The Hall–Kier alpha value is -3.82. The van der Waals surface area contributed by atoms with Gasteiger partial charge in [-0.15, -0.1) is 0 Å². The van der Waals surface area contributed by atoms with Gasteiger partial charge in [0.05, 0.1) is 30.8 Å². The number of carboxylic acids is 2. The highest BCUT2D eigenvalue weighted by atomic mass is 16.4. The number of Topliss-reactive ketones (excluding diaryl/α,β-unsaturated/α-hetero) is 1. The lowest BCUT2D eigenvalue weighted by atomic mass is 9.97. The minimum atomic E-state index is -0.907. The van der Waals surface area contributed by atoms with Crippen LogP contribution in [0.1, 0.15) is 31.1 Å². The molecule has 2 aromatic rings. The summed E-state index contributed by atoms with van der Waals surface area (Å²) in [4.78, 5) is 67.8. The number of aromatic nitrogens is 1. The van der Waals surface area contributed by atoms with Gasteiger partial charge in [0.15, 0.2) is 5.78 Å². The zero-order valence-electron chi connectivity index (χ0n) is 26.7. The van der Waals surface area contributed by atoms with Crippen LogP contribution in [0.25, 0.3) is 10.9 Å². The molecule has 1 aromatic carbocycles. The summed E-state index contributed by atoms with van der Waals surface area (Å²) in [5.41, 5.74) is 1.89. The Labute approximate surface area is 264 Å². The number of aliphatic hydroxyl groups is 1. The molecule has 0 spiro atoms. The monoisotopic (exact) mass is 632 g/mol. The van der Waals surface area contributed by atoms with Gasteiger partial charge in [-0.05, 0) is 18.7 Å². The molecule has 4 N–H and O–H groups in total. The third-order valence-corrected chi connectivity index (χ3v) is 7.20. The number of carboxylic acid groups (broad SMARTS) is 2. The summed E-state index contributed by atoms with van der Waals surface area (Å²) < 4.78 is 0. The molecule has 1 aliphatic heterocycles. The van der Waals surface area contributed by atoms with Gasteiger partial charge in [-0.2, -0.15) is 0 Å². The number of ketones is 1. The van der Waals surface area contributed by atoms with Crippen molar-refractivity contribution >= 4 is 47.0 Å². The molecular formula is C31H48N6O8. The van der Waals surface area contributed by atoms with Gasteiger partial charge in [-0.1, -0.05) is 32.9 Å². The second-order valence-corrected chi connectivity index (χ2v) is 10.6. The van der Waals surface area contributed by atoms with Gasteiger partial charge in [0.1, 0.15) is 6.29 Å². The zero-order valence-corrected chi connectivity index (χ0v) is 26.7. The lowest BCUT2D eigenvalue weighted by molar-refractivity contribution is -0.140. The Morgan fingerprint density at radius 3 is 1.80 bits per heavy atom. The first kappa shape index (κ1) is 39.2. The molecule has 14 nitrogen and oxygen atoms in total. The van der Waals surface area contributed by atoms with E-state index < -0.39 is 11.9 Å². The number of amides is 1. The number of hydrogen-bond donors (Lipinski definition) is 4. The summed E-state index contributed by atoms with van der Waals surface area (Å²) in [6.07, 6.45) is 3.07. The first-order valence-electron chi connectivity index (χ1n) is 14.9. The average molecular weight is 633 g/mol. The molecule has 14 heteroatoms. The summed E-state index contributed by atoms with van der Waals surface area (Å²) >= 11 is 0. The number of carbonyl (C=O) groups is 5. The van der Waals surface area contributed by atoms with Crippen LogP contribution in [0.15, 0.2) is 30.5 Å². The SMILES string of the molecule is CC(C)C(=O)c1ccnc2c(NC=O)cccc12.CCN1CCN(CC=O)CCN(CC(=O)O)CCN(CC(=O)O)CC1.CO. The molecule has 45 heavy (non-hydrogen) atoms. The number of pyridine rings is 1. The predicted octanol–water partition coefficient (Wildman–Crippen LogP) is 0.846. The molecule has 0 saturated carbocycles. The van der Waals surface area contributed by atoms with Crippen LogP contribution in [-0.2, 0) is 19.2 Å². The first-order valence-corrected chi connectivity index (χ1v) is 14.9. The number of nitrogens with zero attached hydrogens (tertiary/aromatic N) is 5. The highest BCUT2D eigenvalue weighted by Crippen LogP contribution is 2.25. The van der Waals surface area contributed by atoms with Crippen molar-refractivity contribution in [3.8, 4) is 0 Å². The van der Waals surface area contributed by atoms with Gasteiger partial charge in [-0.25, -0.2) is 0 Å². The number of nitrogens with one attached hydrogen (secondary N) is 1. The van der Waals surface area contributed by atoms with E-state index >= 15 is 0 Å². The van der Waals surface area contributed by atoms with Gasteiger partial charge >= 0.3 is 11.9 Å². The second kappa shape index (κ2) is 21.8. The molecule has 0 atom stereocenters. The molecule has 1 amide bonds. The Kier molecular flexibility index (Phi) is 19.0. The van der Waals surface area contributed by atoms with E-state index in [4.69, 9.17) is 15.3 Å². The van der Waals surface area contributed by atoms with Crippen LogP contribution in [0.5, 0.6) is 0 Å². The Balaban J connectivity index is 0.000000445. The maximum atomic E-state index is 12.1. The number of likely N-dealkylation sites (N-methyl/N-ethyl adjacent to an activating group) is 1. The van der Waals surface area contributed by atoms with Gasteiger partial charge in [0.25, 0.3) is 0 Å². The summed E-state index contributed by atoms with van der Waals surface area (Å²) in [5.74, 6) is -1.78. The van der Waals surface area contributed by atoms with Gasteiger partial charge in [-0.3, -0.25) is 38.9 Å². The highest BCUT2D eigenvalue weighted by molar-refractivity contribution is 6.10. The maximum Gasteiger partial charge on any atom is 0.317 e. The summed E-state index contributed by atoms with van der Waals surface area (Å²) in [5, 5.41) is 28.5. The molecule has 1 saturated heterocycles. The topological polar surface area (TPSA) is 184 Å². The number of para-hydroxylation sites is 1. The fraction of sp³-hybridized carbons (Fsp3) is 0.548. The minimum absolute atomic E-state index is 0.0459. The number of benzene rings is 1. The molecule has 2 heterocycles. The summed E-state index contributed by atoms with van der Waals surface area (Å²) in [6, 6.07) is 7.11. The molecular weight excluding hydrogens is 584 g/mol. The summed E-state index contributed by atoms with van der Waals surface area (Å²) in [6.45, 7) is 11.9. The van der Waals surface area contributed by atoms with E-state index in [0.29, 0.717) is 62.4 Å². The zero-order chi connectivity index (χ0) is 33.8. The van der Waals surface area contributed by atoms with Gasteiger partial charge in [0, 0.05) is 82.5 Å². The number of hydrogen-bond acceptors (Lipinski definition) is 11. The number of carbonyl (C=O) groups excluding carboxylic acids is 3. The van der Waals surface area contributed by atoms with Crippen LogP contribution in [-0.4, -0.2) is 156 Å². The number of rotatable bonds is 11. The normalized spacial score (nSPS) is 15.8. The van der Waals surface area contributed by atoms with Crippen LogP contribution < -0.4 is 5.32 Å². The Bertz CT molecular complexity index is 1230. The van der Waals surface area contributed by atoms with Crippen molar-refractivity contribution in [2.75, 3.05) is 91.0 Å². The van der Waals surface area contributed by atoms with Crippen LogP contribution in [0.2, 0.25) is 0 Å². The van der Waals surface area contributed by atoms with E-state index in [1.165, 1.54) is 0 Å². The molecule has 0 aliphatic carbocycles. The fourth-order valence-corrected chi connectivity index (χ4v) is 4.76. The first-order chi connectivity index (χ1) is 21.6. The number of aliphatic carboxylic acids is 2. The maximum absolute atomic E-state index is 12.1. The number of aldehydes is 1. The lowest BCUT2D eigenvalue weighted by Gasteiger charge is -2.32. The highest BCUT2D eigenvalue weighted by Gasteiger charge is 2.19. The fourth-order valence-electron chi connectivity index (χ4n) is 4.76. The van der Waals surface area contributed by atoms with Crippen LogP contribution in [0.4, 0.5) is 5.69 Å². The van der Waals surface area contributed by atoms with E-state index in [1.54, 1.807) is 29.3 Å². The lowest BCUT2D eigenvalue weighted by Crippen LogP contribution is -2.47. The number of aliphatic hydroxyl groups excluding tert-OH is 1. The molecule has 0 unspecified atom stereocenters. The van der Waals surface area contributed by atoms with E-state index in [2.05, 4.69) is 22.1 Å². The number of anilines is 1. The van der Waals surface area contributed by atoms with Crippen LogP contribution in [0, 0.1) is 5.92 Å².